The van der Waals surface area contributed by atoms with Gasteiger partial charge < -0.3 is 14.0 Å². The Morgan fingerprint density at radius 3 is 2.56 bits per heavy atom. The number of benzene rings is 1. The normalized spacial score (nSPS) is 10.5. The summed E-state index contributed by atoms with van der Waals surface area (Å²) in [6, 6.07) is 7.98. The zero-order valence-electron chi connectivity index (χ0n) is 13.6. The van der Waals surface area contributed by atoms with Crippen LogP contribution in [0.5, 0.6) is 0 Å². The molecule has 0 bridgehead atoms. The summed E-state index contributed by atoms with van der Waals surface area (Å²) in [4.78, 5) is 34.5. The van der Waals surface area contributed by atoms with E-state index in [1.807, 2.05) is 0 Å². The highest BCUT2D eigenvalue weighted by molar-refractivity contribution is 5.94. The number of nitrogens with one attached hydrogen (secondary N) is 1. The van der Waals surface area contributed by atoms with Crippen molar-refractivity contribution in [3.63, 3.8) is 0 Å². The fourth-order valence-corrected chi connectivity index (χ4v) is 1.79. The van der Waals surface area contributed by atoms with Crippen molar-refractivity contribution in [2.24, 2.45) is 0 Å². The van der Waals surface area contributed by atoms with E-state index in [-0.39, 0.29) is 5.88 Å². The van der Waals surface area contributed by atoms with Gasteiger partial charge in [-0.15, -0.1) is 0 Å². The van der Waals surface area contributed by atoms with Gasteiger partial charge in [-0.25, -0.2) is 9.59 Å². The molecule has 1 aromatic heterocycles. The molecule has 1 N–H and O–H groups in total. The minimum Gasteiger partial charge on any atom is -0.465 e. The van der Waals surface area contributed by atoms with Crippen LogP contribution in [0, 0.1) is 6.92 Å². The number of aryl methyl sites for hydroxylation is 1. The number of nitrogens with zero attached hydrogens (tertiary/aromatic N) is 1. The molecule has 0 aliphatic rings. The summed E-state index contributed by atoms with van der Waals surface area (Å²) in [5.74, 6) is -1.48. The molecular formula is C17H16N2O6. The monoisotopic (exact) mass is 344 g/mol. The molecule has 0 aliphatic heterocycles. The molecule has 25 heavy (non-hydrogen) atoms. The minimum absolute atomic E-state index is 0.180. The summed E-state index contributed by atoms with van der Waals surface area (Å²) >= 11 is 0. The van der Waals surface area contributed by atoms with Gasteiger partial charge in [0.25, 0.3) is 5.91 Å². The summed E-state index contributed by atoms with van der Waals surface area (Å²) in [5, 5.41) is 6.01. The SMILES string of the molecule is COC(=O)c1ccc(/C=C/C(=O)OCC(=O)Nc2cc(C)no2)cc1. The third kappa shape index (κ3) is 5.61. The van der Waals surface area contributed by atoms with E-state index in [0.717, 1.165) is 0 Å². The first-order valence-corrected chi connectivity index (χ1v) is 7.24. The number of hydrogen-bond donors (Lipinski definition) is 1. The van der Waals surface area contributed by atoms with Gasteiger partial charge in [-0.05, 0) is 30.7 Å². The number of amides is 1. The molecule has 0 atom stereocenters. The van der Waals surface area contributed by atoms with Gasteiger partial charge in [0.05, 0.1) is 18.4 Å². The van der Waals surface area contributed by atoms with Crippen molar-refractivity contribution < 1.29 is 28.4 Å². The number of carbonyl (C=O) groups excluding carboxylic acids is 3. The molecule has 1 amide bonds. The van der Waals surface area contributed by atoms with Crippen LogP contribution in [0.15, 0.2) is 40.9 Å². The Labute approximate surface area is 143 Å². The van der Waals surface area contributed by atoms with E-state index >= 15 is 0 Å². The number of esters is 2. The third-order valence-electron chi connectivity index (χ3n) is 2.98. The number of carbonyl (C=O) groups is 3. The van der Waals surface area contributed by atoms with Crippen LogP contribution in [0.1, 0.15) is 21.6 Å². The summed E-state index contributed by atoms with van der Waals surface area (Å²) < 4.78 is 14.2. The first-order valence-electron chi connectivity index (χ1n) is 7.24. The Bertz CT molecular complexity index is 792. The molecule has 1 heterocycles. The molecule has 8 nitrogen and oxygen atoms in total. The van der Waals surface area contributed by atoms with E-state index in [2.05, 4.69) is 15.2 Å². The lowest BCUT2D eigenvalue weighted by Crippen LogP contribution is -2.19. The maximum Gasteiger partial charge on any atom is 0.337 e. The zero-order chi connectivity index (χ0) is 18.2. The second-order valence-corrected chi connectivity index (χ2v) is 4.94. The van der Waals surface area contributed by atoms with Crippen LogP contribution in [0.4, 0.5) is 5.88 Å². The van der Waals surface area contributed by atoms with Crippen molar-refractivity contribution in [2.75, 3.05) is 19.0 Å². The van der Waals surface area contributed by atoms with Gasteiger partial charge >= 0.3 is 11.9 Å². The van der Waals surface area contributed by atoms with E-state index in [9.17, 15) is 14.4 Å². The Hall–Kier alpha value is -3.42. The van der Waals surface area contributed by atoms with Crippen LogP contribution >= 0.6 is 0 Å². The molecule has 1 aromatic carbocycles. The standard InChI is InChI=1S/C17H16N2O6/c1-11-9-15(25-19-11)18-14(20)10-24-16(21)8-5-12-3-6-13(7-4-12)17(22)23-2/h3-9H,10H2,1-2H3,(H,18,20)/b8-5+. The Kier molecular flexibility index (Phi) is 6.05. The summed E-state index contributed by atoms with van der Waals surface area (Å²) in [5.41, 5.74) is 1.71. The molecule has 0 spiro atoms. The van der Waals surface area contributed by atoms with E-state index < -0.39 is 24.5 Å². The van der Waals surface area contributed by atoms with E-state index in [4.69, 9.17) is 9.26 Å². The van der Waals surface area contributed by atoms with Gasteiger partial charge in [-0.3, -0.25) is 10.1 Å². The molecule has 0 aliphatic carbocycles. The number of anilines is 1. The minimum atomic E-state index is -0.680. The highest BCUT2D eigenvalue weighted by atomic mass is 16.5. The summed E-state index contributed by atoms with van der Waals surface area (Å²) in [7, 11) is 1.30. The molecule has 0 fully saturated rings. The average molecular weight is 344 g/mol. The Morgan fingerprint density at radius 2 is 1.96 bits per heavy atom. The van der Waals surface area contributed by atoms with Crippen LogP contribution in [-0.4, -0.2) is 36.7 Å². The van der Waals surface area contributed by atoms with Gasteiger partial charge in [0.1, 0.15) is 0 Å². The number of rotatable bonds is 6. The van der Waals surface area contributed by atoms with E-state index in [1.165, 1.54) is 25.3 Å². The largest absolute Gasteiger partial charge is 0.465 e. The lowest BCUT2D eigenvalue weighted by atomic mass is 10.1. The fourth-order valence-electron chi connectivity index (χ4n) is 1.79. The van der Waals surface area contributed by atoms with Crippen LogP contribution in [0.25, 0.3) is 6.08 Å². The number of hydrogen-bond acceptors (Lipinski definition) is 7. The number of ether oxygens (including phenoxy) is 2. The summed E-state index contributed by atoms with van der Waals surface area (Å²) in [6.45, 7) is 1.26. The molecule has 2 rings (SSSR count). The van der Waals surface area contributed by atoms with Crippen molar-refractivity contribution in [1.29, 1.82) is 0 Å². The van der Waals surface area contributed by atoms with Crippen molar-refractivity contribution in [3.05, 3.63) is 53.2 Å². The molecule has 0 radical (unpaired) electrons. The Morgan fingerprint density at radius 1 is 1.24 bits per heavy atom. The zero-order valence-corrected chi connectivity index (χ0v) is 13.6. The molecule has 8 heteroatoms. The van der Waals surface area contributed by atoms with Crippen molar-refractivity contribution in [3.8, 4) is 0 Å². The first-order chi connectivity index (χ1) is 12.0. The molecule has 0 unspecified atom stereocenters. The topological polar surface area (TPSA) is 108 Å². The van der Waals surface area contributed by atoms with Crippen molar-refractivity contribution in [2.45, 2.75) is 6.92 Å². The van der Waals surface area contributed by atoms with Gasteiger partial charge in [-0.2, -0.15) is 0 Å². The average Bonchev–Trinajstić information content (AvgIpc) is 3.02. The van der Waals surface area contributed by atoms with Gasteiger partial charge in [0.2, 0.25) is 5.88 Å². The van der Waals surface area contributed by atoms with Crippen molar-refractivity contribution >= 4 is 29.8 Å². The molecule has 2 aromatic rings. The molecule has 130 valence electrons. The van der Waals surface area contributed by atoms with Crippen LogP contribution in [0.2, 0.25) is 0 Å². The lowest BCUT2D eigenvalue weighted by molar-refractivity contribution is -0.142. The second kappa shape index (κ2) is 8.44. The Balaban J connectivity index is 1.80. The van der Waals surface area contributed by atoms with E-state index in [0.29, 0.717) is 16.8 Å². The fraction of sp³-hybridized carbons (Fsp3) is 0.176. The smallest absolute Gasteiger partial charge is 0.337 e. The predicted molar refractivity (Wildman–Crippen MR) is 87.6 cm³/mol. The van der Waals surface area contributed by atoms with Crippen molar-refractivity contribution in [1.82, 2.24) is 5.16 Å². The number of aromatic nitrogens is 1. The number of methoxy groups -OCH3 is 1. The second-order valence-electron chi connectivity index (χ2n) is 4.94. The predicted octanol–water partition coefficient (Wildman–Crippen LogP) is 1.96. The maximum absolute atomic E-state index is 11.6. The summed E-state index contributed by atoms with van der Waals surface area (Å²) in [6.07, 6.45) is 2.68. The van der Waals surface area contributed by atoms with Gasteiger partial charge in [-0.1, -0.05) is 17.3 Å². The molecule has 0 saturated carbocycles. The quantitative estimate of drug-likeness (QED) is 0.630. The highest BCUT2D eigenvalue weighted by Crippen LogP contribution is 2.09. The third-order valence-corrected chi connectivity index (χ3v) is 2.98. The maximum atomic E-state index is 11.6. The van der Waals surface area contributed by atoms with Gasteiger partial charge in [0, 0.05) is 12.1 Å². The van der Waals surface area contributed by atoms with Crippen LogP contribution in [-0.2, 0) is 19.1 Å². The molecule has 0 saturated heterocycles. The lowest BCUT2D eigenvalue weighted by Gasteiger charge is -2.02. The highest BCUT2D eigenvalue weighted by Gasteiger charge is 2.09. The van der Waals surface area contributed by atoms with Crippen LogP contribution in [0.3, 0.4) is 0 Å². The van der Waals surface area contributed by atoms with Crippen LogP contribution < -0.4 is 5.32 Å². The van der Waals surface area contributed by atoms with E-state index in [1.54, 1.807) is 31.2 Å². The first kappa shape index (κ1) is 17.9. The molecular weight excluding hydrogens is 328 g/mol. The van der Waals surface area contributed by atoms with Gasteiger partial charge in [0.15, 0.2) is 6.61 Å².